The summed E-state index contributed by atoms with van der Waals surface area (Å²) < 4.78 is 10.6. The molecule has 164 valence electrons. The van der Waals surface area contributed by atoms with Crippen LogP contribution in [0.3, 0.4) is 0 Å². The molecule has 0 bridgehead atoms. The molecule has 1 N–H and O–H groups in total. The number of hydrogen-bond acceptors (Lipinski definition) is 5. The second kappa shape index (κ2) is 12.3. The summed E-state index contributed by atoms with van der Waals surface area (Å²) in [6, 6.07) is 20.3. The minimum absolute atomic E-state index is 0.329. The maximum Gasteiger partial charge on any atom is 0.331 e. The first kappa shape index (κ1) is 23.0. The zero-order chi connectivity index (χ0) is 22.6. The highest BCUT2D eigenvalue weighted by atomic mass is 35.5. The van der Waals surface area contributed by atoms with Crippen molar-refractivity contribution in [3.63, 3.8) is 0 Å². The van der Waals surface area contributed by atoms with Gasteiger partial charge in [-0.15, -0.1) is 0 Å². The summed E-state index contributed by atoms with van der Waals surface area (Å²) >= 11 is 5.84. The second-order valence-electron chi connectivity index (χ2n) is 6.85. The van der Waals surface area contributed by atoms with Crippen LogP contribution in [0.4, 0.5) is 0 Å². The number of aromatic nitrogens is 1. The van der Waals surface area contributed by atoms with Crippen molar-refractivity contribution in [2.45, 2.75) is 13.0 Å². The number of benzene rings is 2. The molecule has 3 rings (SSSR count). The van der Waals surface area contributed by atoms with Crippen molar-refractivity contribution >= 4 is 29.6 Å². The van der Waals surface area contributed by atoms with Crippen molar-refractivity contribution in [2.75, 3.05) is 13.2 Å². The third-order valence-corrected chi connectivity index (χ3v) is 4.65. The average Bonchev–Trinajstić information content (AvgIpc) is 2.82. The van der Waals surface area contributed by atoms with E-state index in [1.54, 1.807) is 24.4 Å². The fourth-order valence-corrected chi connectivity index (χ4v) is 2.84. The highest BCUT2D eigenvalue weighted by Crippen LogP contribution is 2.14. The number of amides is 1. The number of carbonyl (C=O) groups excluding carboxylic acids is 2. The van der Waals surface area contributed by atoms with E-state index >= 15 is 0 Å². The van der Waals surface area contributed by atoms with E-state index < -0.39 is 5.97 Å². The lowest BCUT2D eigenvalue weighted by molar-refractivity contribution is -0.143. The lowest BCUT2D eigenvalue weighted by Gasteiger charge is -2.06. The van der Waals surface area contributed by atoms with Gasteiger partial charge in [0.1, 0.15) is 12.4 Å². The number of esters is 1. The number of ether oxygens (including phenoxy) is 2. The molecule has 0 saturated carbocycles. The summed E-state index contributed by atoms with van der Waals surface area (Å²) in [5, 5.41) is 3.38. The lowest BCUT2D eigenvalue weighted by Crippen LogP contribution is -2.30. The smallest absolute Gasteiger partial charge is 0.331 e. The largest absolute Gasteiger partial charge is 0.487 e. The van der Waals surface area contributed by atoms with E-state index in [-0.39, 0.29) is 12.5 Å². The predicted molar refractivity (Wildman–Crippen MR) is 123 cm³/mol. The summed E-state index contributed by atoms with van der Waals surface area (Å²) in [7, 11) is 0. The molecule has 1 heterocycles. The van der Waals surface area contributed by atoms with E-state index in [9.17, 15) is 9.59 Å². The standard InChI is InChI=1S/C25H23ClN2O4/c26-21-9-4-20(5-10-21)14-16-28-24(29)18-32-25(30)13-8-19-6-11-23(12-7-19)31-17-22-3-1-2-15-27-22/h1-13,15H,14,16-18H2,(H,28,29)/b13-8+. The number of carbonyl (C=O) groups is 2. The normalized spacial score (nSPS) is 10.7. The van der Waals surface area contributed by atoms with Gasteiger partial charge in [0.15, 0.2) is 6.61 Å². The van der Waals surface area contributed by atoms with Gasteiger partial charge < -0.3 is 14.8 Å². The van der Waals surface area contributed by atoms with Gasteiger partial charge in [0.05, 0.1) is 5.69 Å². The number of nitrogens with zero attached hydrogens (tertiary/aromatic N) is 1. The van der Waals surface area contributed by atoms with Crippen molar-refractivity contribution in [3.8, 4) is 5.75 Å². The maximum atomic E-state index is 11.8. The van der Waals surface area contributed by atoms with E-state index in [4.69, 9.17) is 21.1 Å². The molecule has 0 unspecified atom stereocenters. The summed E-state index contributed by atoms with van der Waals surface area (Å²) in [6.07, 6.45) is 5.28. The molecule has 0 aliphatic heterocycles. The van der Waals surface area contributed by atoms with Crippen LogP contribution in [0.25, 0.3) is 6.08 Å². The van der Waals surface area contributed by atoms with Crippen molar-refractivity contribution in [2.24, 2.45) is 0 Å². The Bertz CT molecular complexity index is 1040. The van der Waals surface area contributed by atoms with Gasteiger partial charge in [-0.3, -0.25) is 9.78 Å². The molecule has 6 nitrogen and oxygen atoms in total. The molecule has 0 saturated heterocycles. The summed E-state index contributed by atoms with van der Waals surface area (Å²) in [5.41, 5.74) is 2.70. The third-order valence-electron chi connectivity index (χ3n) is 4.40. The van der Waals surface area contributed by atoms with Crippen molar-refractivity contribution in [3.05, 3.63) is 101 Å². The first-order valence-electron chi connectivity index (χ1n) is 10.1. The number of halogens is 1. The van der Waals surface area contributed by atoms with Gasteiger partial charge in [-0.25, -0.2) is 4.79 Å². The molecule has 0 atom stereocenters. The van der Waals surface area contributed by atoms with E-state index in [2.05, 4.69) is 10.3 Å². The Kier molecular flexibility index (Phi) is 8.83. The monoisotopic (exact) mass is 450 g/mol. The molecular formula is C25H23ClN2O4. The minimum atomic E-state index is -0.590. The molecule has 0 fully saturated rings. The summed E-state index contributed by atoms with van der Waals surface area (Å²) in [5.74, 6) is -0.242. The molecule has 1 aromatic heterocycles. The molecular weight excluding hydrogens is 428 g/mol. The van der Waals surface area contributed by atoms with E-state index in [0.717, 1.165) is 16.8 Å². The Morgan fingerprint density at radius 1 is 1.00 bits per heavy atom. The summed E-state index contributed by atoms with van der Waals surface area (Å²) in [6.45, 7) is 0.497. The fraction of sp³-hybridized carbons (Fsp3) is 0.160. The van der Waals surface area contributed by atoms with Crippen LogP contribution in [-0.2, 0) is 27.4 Å². The highest BCUT2D eigenvalue weighted by Gasteiger charge is 2.05. The van der Waals surface area contributed by atoms with Crippen LogP contribution in [0, 0.1) is 0 Å². The second-order valence-corrected chi connectivity index (χ2v) is 7.28. The third kappa shape index (κ3) is 8.24. The van der Waals surface area contributed by atoms with E-state index in [0.29, 0.717) is 30.3 Å². The first-order valence-corrected chi connectivity index (χ1v) is 10.4. The lowest BCUT2D eigenvalue weighted by atomic mass is 10.1. The molecule has 3 aromatic rings. The number of rotatable bonds is 10. The molecule has 0 spiro atoms. The van der Waals surface area contributed by atoms with Crippen LogP contribution < -0.4 is 10.1 Å². The van der Waals surface area contributed by atoms with Crippen LogP contribution in [0.5, 0.6) is 5.75 Å². The first-order chi connectivity index (χ1) is 15.6. The number of nitrogens with one attached hydrogen (secondary N) is 1. The number of hydrogen-bond donors (Lipinski definition) is 1. The molecule has 32 heavy (non-hydrogen) atoms. The van der Waals surface area contributed by atoms with Crippen LogP contribution in [0.2, 0.25) is 5.02 Å². The topological polar surface area (TPSA) is 77.5 Å². The number of pyridine rings is 1. The van der Waals surface area contributed by atoms with E-state index in [1.165, 1.54) is 6.08 Å². The van der Waals surface area contributed by atoms with E-state index in [1.807, 2.05) is 54.6 Å². The quantitative estimate of drug-likeness (QED) is 0.369. The van der Waals surface area contributed by atoms with Crippen LogP contribution in [-0.4, -0.2) is 30.0 Å². The Balaban J connectivity index is 1.34. The fourth-order valence-electron chi connectivity index (χ4n) is 2.71. The molecule has 0 aliphatic carbocycles. The van der Waals surface area contributed by atoms with Crippen LogP contribution >= 0.6 is 11.6 Å². The molecule has 1 amide bonds. The SMILES string of the molecule is O=C(COC(=O)/C=C/c1ccc(OCc2ccccn2)cc1)NCCc1ccc(Cl)cc1. The van der Waals surface area contributed by atoms with Gasteiger partial charge in [-0.05, 0) is 60.0 Å². The predicted octanol–water partition coefficient (Wildman–Crippen LogP) is 4.23. The zero-order valence-electron chi connectivity index (χ0n) is 17.4. The van der Waals surface area contributed by atoms with Gasteiger partial charge in [0.25, 0.3) is 5.91 Å². The molecule has 7 heteroatoms. The van der Waals surface area contributed by atoms with Crippen LogP contribution in [0.1, 0.15) is 16.8 Å². The van der Waals surface area contributed by atoms with Gasteiger partial charge in [0.2, 0.25) is 0 Å². The summed E-state index contributed by atoms with van der Waals surface area (Å²) in [4.78, 5) is 27.9. The van der Waals surface area contributed by atoms with Gasteiger partial charge in [-0.2, -0.15) is 0 Å². The molecule has 0 aliphatic rings. The van der Waals surface area contributed by atoms with Gasteiger partial charge >= 0.3 is 5.97 Å². The Morgan fingerprint density at radius 2 is 1.78 bits per heavy atom. The Morgan fingerprint density at radius 3 is 2.50 bits per heavy atom. The Labute approximate surface area is 191 Å². The maximum absolute atomic E-state index is 11.8. The highest BCUT2D eigenvalue weighted by molar-refractivity contribution is 6.30. The molecule has 2 aromatic carbocycles. The minimum Gasteiger partial charge on any atom is -0.487 e. The van der Waals surface area contributed by atoms with Crippen molar-refractivity contribution in [1.82, 2.24) is 10.3 Å². The van der Waals surface area contributed by atoms with Gasteiger partial charge in [0, 0.05) is 23.8 Å². The van der Waals surface area contributed by atoms with Crippen molar-refractivity contribution in [1.29, 1.82) is 0 Å². The average molecular weight is 451 g/mol. The molecule has 0 radical (unpaired) electrons. The Hall–Kier alpha value is -3.64. The van der Waals surface area contributed by atoms with Crippen LogP contribution in [0.15, 0.2) is 79.0 Å². The van der Waals surface area contributed by atoms with Crippen molar-refractivity contribution < 1.29 is 19.1 Å². The zero-order valence-corrected chi connectivity index (χ0v) is 18.1. The van der Waals surface area contributed by atoms with Gasteiger partial charge in [-0.1, -0.05) is 41.9 Å².